The fourth-order valence-electron chi connectivity index (χ4n) is 3.67. The van der Waals surface area contributed by atoms with E-state index < -0.39 is 0 Å². The highest BCUT2D eigenvalue weighted by molar-refractivity contribution is 7.98. The number of likely N-dealkylation sites (N-methyl/N-ethyl adjacent to an activating group) is 1. The third-order valence-corrected chi connectivity index (χ3v) is 7.42. The third kappa shape index (κ3) is 5.78. The lowest BCUT2D eigenvalue weighted by molar-refractivity contribution is 0.0983. The first-order valence-corrected chi connectivity index (χ1v) is 13.5. The number of nitrogens with zero attached hydrogens (tertiary/aromatic N) is 3. The Morgan fingerprint density at radius 3 is 2.44 bits per heavy atom. The van der Waals surface area contributed by atoms with Crippen LogP contribution in [0.25, 0.3) is 10.2 Å². The first kappa shape index (κ1) is 24.3. The van der Waals surface area contributed by atoms with Crippen molar-refractivity contribution < 1.29 is 9.53 Å². The van der Waals surface area contributed by atoms with Gasteiger partial charge in [-0.2, -0.15) is 0 Å². The van der Waals surface area contributed by atoms with Gasteiger partial charge in [0.1, 0.15) is 11.5 Å². The van der Waals surface area contributed by atoms with Gasteiger partial charge in [-0.1, -0.05) is 49.4 Å². The van der Waals surface area contributed by atoms with Crippen molar-refractivity contribution in [2.45, 2.75) is 18.7 Å². The summed E-state index contributed by atoms with van der Waals surface area (Å²) in [4.78, 5) is 23.9. The average molecular weight is 492 g/mol. The molecule has 34 heavy (non-hydrogen) atoms. The van der Waals surface area contributed by atoms with Gasteiger partial charge in [0.2, 0.25) is 0 Å². The largest absolute Gasteiger partial charge is 0.457 e. The summed E-state index contributed by atoms with van der Waals surface area (Å²) < 4.78 is 7.05. The molecule has 0 unspecified atom stereocenters. The van der Waals surface area contributed by atoms with Gasteiger partial charge >= 0.3 is 0 Å². The van der Waals surface area contributed by atoms with Crippen LogP contribution in [0.15, 0.2) is 77.7 Å². The third-order valence-electron chi connectivity index (χ3n) is 5.65. The van der Waals surface area contributed by atoms with Crippen molar-refractivity contribution in [1.29, 1.82) is 0 Å². The van der Waals surface area contributed by atoms with Crippen LogP contribution in [-0.2, 0) is 0 Å². The van der Waals surface area contributed by atoms with Crippen molar-refractivity contribution >= 4 is 44.4 Å². The highest BCUT2D eigenvalue weighted by Crippen LogP contribution is 2.33. The number of thioether (sulfide) groups is 1. The number of rotatable bonds is 10. The summed E-state index contributed by atoms with van der Waals surface area (Å²) in [6.45, 7) is 7.51. The second-order valence-electron chi connectivity index (χ2n) is 7.76. The molecule has 0 N–H and O–H groups in total. The topological polar surface area (TPSA) is 45.7 Å². The predicted molar refractivity (Wildman–Crippen MR) is 144 cm³/mol. The van der Waals surface area contributed by atoms with Gasteiger partial charge in [-0.05, 0) is 67.9 Å². The van der Waals surface area contributed by atoms with E-state index in [-0.39, 0.29) is 5.91 Å². The minimum Gasteiger partial charge on any atom is -0.457 e. The zero-order valence-electron chi connectivity index (χ0n) is 19.7. The number of anilines is 1. The fraction of sp³-hybridized carbons (Fsp3) is 0.259. The molecule has 5 nitrogen and oxygen atoms in total. The molecule has 0 radical (unpaired) electrons. The van der Waals surface area contributed by atoms with Crippen molar-refractivity contribution in [3.05, 3.63) is 78.4 Å². The average Bonchev–Trinajstić information content (AvgIpc) is 3.30. The lowest BCUT2D eigenvalue weighted by atomic mass is 10.2. The van der Waals surface area contributed by atoms with Crippen LogP contribution in [0.3, 0.4) is 0 Å². The Morgan fingerprint density at radius 1 is 0.941 bits per heavy atom. The summed E-state index contributed by atoms with van der Waals surface area (Å²) in [6, 6.07) is 23.2. The fourth-order valence-corrected chi connectivity index (χ4v) is 5.22. The number of para-hydroxylation sites is 1. The van der Waals surface area contributed by atoms with E-state index in [1.165, 1.54) is 4.90 Å². The highest BCUT2D eigenvalue weighted by Gasteiger charge is 2.22. The van der Waals surface area contributed by atoms with Gasteiger partial charge in [0.05, 0.1) is 10.2 Å². The van der Waals surface area contributed by atoms with Crippen LogP contribution in [0.2, 0.25) is 0 Å². The minimum absolute atomic E-state index is 0.0742. The zero-order chi connectivity index (χ0) is 23.9. The Labute approximate surface area is 209 Å². The summed E-state index contributed by atoms with van der Waals surface area (Å²) in [6.07, 6.45) is 2.06. The van der Waals surface area contributed by atoms with Crippen LogP contribution in [0.4, 0.5) is 5.13 Å². The molecule has 1 aromatic heterocycles. The molecule has 0 saturated heterocycles. The molecule has 176 valence electrons. The molecule has 4 rings (SSSR count). The summed E-state index contributed by atoms with van der Waals surface area (Å²) in [5.41, 5.74) is 1.50. The maximum Gasteiger partial charge on any atom is 0.260 e. The summed E-state index contributed by atoms with van der Waals surface area (Å²) >= 11 is 3.27. The number of hydrogen-bond donors (Lipinski definition) is 0. The number of amides is 1. The second kappa shape index (κ2) is 11.5. The van der Waals surface area contributed by atoms with Crippen molar-refractivity contribution in [3.63, 3.8) is 0 Å². The molecule has 0 aliphatic heterocycles. The molecule has 0 bridgehead atoms. The molecule has 0 aliphatic rings. The van der Waals surface area contributed by atoms with Crippen LogP contribution in [0, 0.1) is 0 Å². The van der Waals surface area contributed by atoms with Crippen molar-refractivity contribution in [1.82, 2.24) is 9.88 Å². The molecular formula is C27H29N3O2S2. The predicted octanol–water partition coefficient (Wildman–Crippen LogP) is 6.80. The van der Waals surface area contributed by atoms with Gasteiger partial charge in [-0.15, -0.1) is 11.8 Å². The molecule has 4 aromatic rings. The van der Waals surface area contributed by atoms with Gasteiger partial charge in [-0.25, -0.2) is 4.98 Å². The zero-order valence-corrected chi connectivity index (χ0v) is 21.4. The van der Waals surface area contributed by atoms with Gasteiger partial charge < -0.3 is 9.64 Å². The number of aromatic nitrogens is 1. The van der Waals surface area contributed by atoms with Crippen LogP contribution in [-0.4, -0.2) is 48.2 Å². The molecule has 0 spiro atoms. The first-order chi connectivity index (χ1) is 16.6. The van der Waals surface area contributed by atoms with Crippen molar-refractivity contribution in [2.24, 2.45) is 0 Å². The van der Waals surface area contributed by atoms with E-state index in [2.05, 4.69) is 37.1 Å². The number of carbonyl (C=O) groups excluding carboxylic acids is 1. The molecule has 1 amide bonds. The lowest BCUT2D eigenvalue weighted by Gasteiger charge is -2.25. The number of ether oxygens (including phenoxy) is 1. The lowest BCUT2D eigenvalue weighted by Crippen LogP contribution is -2.38. The quantitative estimate of drug-likeness (QED) is 0.228. The van der Waals surface area contributed by atoms with Gasteiger partial charge in [0, 0.05) is 23.5 Å². The Balaban J connectivity index is 1.64. The van der Waals surface area contributed by atoms with E-state index in [0.717, 1.165) is 40.7 Å². The molecule has 3 aromatic carbocycles. The smallest absolute Gasteiger partial charge is 0.260 e. The molecule has 0 fully saturated rings. The number of hydrogen-bond acceptors (Lipinski definition) is 6. The van der Waals surface area contributed by atoms with Crippen LogP contribution >= 0.6 is 23.1 Å². The second-order valence-corrected chi connectivity index (χ2v) is 9.65. The van der Waals surface area contributed by atoms with Crippen LogP contribution < -0.4 is 9.64 Å². The van der Waals surface area contributed by atoms with Crippen molar-refractivity contribution in [3.8, 4) is 11.5 Å². The Hall–Kier alpha value is -2.87. The van der Waals surface area contributed by atoms with Gasteiger partial charge in [0.15, 0.2) is 5.13 Å². The highest BCUT2D eigenvalue weighted by atomic mass is 32.2. The number of benzene rings is 3. The van der Waals surface area contributed by atoms with E-state index in [1.807, 2.05) is 59.5 Å². The first-order valence-electron chi connectivity index (χ1n) is 11.4. The summed E-state index contributed by atoms with van der Waals surface area (Å²) in [7, 11) is 0. The maximum absolute atomic E-state index is 13.8. The minimum atomic E-state index is -0.0742. The Kier molecular flexibility index (Phi) is 8.21. The maximum atomic E-state index is 13.8. The molecule has 7 heteroatoms. The van der Waals surface area contributed by atoms with E-state index in [4.69, 9.17) is 9.72 Å². The molecule has 0 saturated carbocycles. The van der Waals surface area contributed by atoms with E-state index in [9.17, 15) is 4.79 Å². The van der Waals surface area contributed by atoms with Crippen molar-refractivity contribution in [2.75, 3.05) is 37.3 Å². The standard InChI is InChI=1S/C27H29N3O2S2/c1-4-29(5-2)16-17-30(27-28-24-15-14-23(33-3)19-25(24)34-27)26(31)20-10-9-13-22(18-20)32-21-11-7-6-8-12-21/h6-15,18-19H,4-5,16-17H2,1-3H3. The van der Waals surface area contributed by atoms with Crippen LogP contribution in [0.1, 0.15) is 24.2 Å². The van der Waals surface area contributed by atoms with E-state index in [0.29, 0.717) is 17.9 Å². The van der Waals surface area contributed by atoms with Gasteiger partial charge in [-0.3, -0.25) is 9.69 Å². The van der Waals surface area contributed by atoms with Gasteiger partial charge in [0.25, 0.3) is 5.91 Å². The molecule has 1 heterocycles. The van der Waals surface area contributed by atoms with Crippen LogP contribution in [0.5, 0.6) is 11.5 Å². The van der Waals surface area contributed by atoms with E-state index >= 15 is 0 Å². The SMILES string of the molecule is CCN(CC)CCN(C(=O)c1cccc(Oc2ccccc2)c1)c1nc2ccc(SC)cc2s1. The Morgan fingerprint density at radius 2 is 1.71 bits per heavy atom. The number of thiazole rings is 1. The molecular weight excluding hydrogens is 462 g/mol. The normalized spacial score (nSPS) is 11.2. The number of carbonyl (C=O) groups is 1. The van der Waals surface area contributed by atoms with E-state index in [1.54, 1.807) is 29.2 Å². The monoisotopic (exact) mass is 491 g/mol. The molecule has 0 atom stereocenters. The number of fused-ring (bicyclic) bond motifs is 1. The Bertz CT molecular complexity index is 1240. The summed E-state index contributed by atoms with van der Waals surface area (Å²) in [5.74, 6) is 1.30. The summed E-state index contributed by atoms with van der Waals surface area (Å²) in [5, 5.41) is 0.722. The molecule has 0 aliphatic carbocycles.